The highest BCUT2D eigenvalue weighted by Gasteiger charge is 2.31. The van der Waals surface area contributed by atoms with Crippen molar-refractivity contribution in [1.82, 2.24) is 24.1 Å². The van der Waals surface area contributed by atoms with Crippen molar-refractivity contribution >= 4 is 67.8 Å². The molecule has 0 amide bonds. The maximum atomic E-state index is 14.3. The van der Waals surface area contributed by atoms with Crippen molar-refractivity contribution in [2.75, 3.05) is 0 Å². The maximum Gasteiger partial charge on any atom is 0.185 e. The Kier molecular flexibility index (Phi) is 12.7. The van der Waals surface area contributed by atoms with Crippen molar-refractivity contribution in [2.24, 2.45) is 7.05 Å². The molecule has 0 aliphatic heterocycles. The Morgan fingerprint density at radius 2 is 1.41 bits per heavy atom. The second kappa shape index (κ2) is 18.7. The molecule has 1 unspecified atom stereocenters. The van der Waals surface area contributed by atoms with Crippen molar-refractivity contribution < 1.29 is 30.3 Å². The third kappa shape index (κ3) is 8.52. The van der Waals surface area contributed by atoms with Crippen molar-refractivity contribution in [3.05, 3.63) is 162 Å². The van der Waals surface area contributed by atoms with E-state index in [0.717, 1.165) is 54.2 Å². The molecule has 5 N–H and O–H groups in total. The van der Waals surface area contributed by atoms with Crippen molar-refractivity contribution in [2.45, 2.75) is 93.1 Å². The van der Waals surface area contributed by atoms with Gasteiger partial charge in [-0.3, -0.25) is 4.79 Å². The number of thiazole rings is 1. The lowest BCUT2D eigenvalue weighted by Crippen LogP contribution is -2.26. The van der Waals surface area contributed by atoms with E-state index in [1.165, 1.54) is 0 Å². The molecular weight excluding hydrogens is 883 g/mol. The second-order valence-corrected chi connectivity index (χ2v) is 19.5. The van der Waals surface area contributed by atoms with E-state index in [-0.39, 0.29) is 28.8 Å². The van der Waals surface area contributed by atoms with Gasteiger partial charge in [-0.15, -0.1) is 11.3 Å². The van der Waals surface area contributed by atoms with Crippen molar-refractivity contribution in [3.8, 4) is 23.0 Å². The molecule has 0 fully saturated rings. The zero-order chi connectivity index (χ0) is 49.0. The molecule has 0 bridgehead atoms. The standard InChI is InChI=1S/C57H57N5O6S/c1-30-31(2)54(65)41(33(4)52(30)63)24-25-62-29-58-51-38(14-11-18-46(51)62)28-43-35(6)53(64)32(3)40(57(43)68)15-12-20-49-59-44-23-22-37(27-47(44)61(49)8)26-42-36(7)55(66)39(34(5)56(42)67)16-13-21-50-60-45-17-9-10-19-48(45)69-50/h9-11,13-14,16-19,22-25,27,29,53,63-67H,12,15,20-21,26,28H2,1-8H3/b16-13+,25-24+. The molecule has 5 aromatic carbocycles. The molecule has 352 valence electrons. The Hall–Kier alpha value is -7.28. The molecule has 0 saturated carbocycles. The first-order valence-electron chi connectivity index (χ1n) is 23.3. The fourth-order valence-electron chi connectivity index (χ4n) is 9.80. The van der Waals surface area contributed by atoms with Crippen LogP contribution in [0.2, 0.25) is 0 Å². The average molecular weight is 940 g/mol. The molecule has 0 spiro atoms. The van der Waals surface area contributed by atoms with Crippen LogP contribution in [0.5, 0.6) is 23.0 Å². The van der Waals surface area contributed by atoms with Crippen molar-refractivity contribution in [1.29, 1.82) is 0 Å². The normalized spacial score (nSPS) is 14.7. The monoisotopic (exact) mass is 939 g/mol. The number of phenolic OH excluding ortho intramolecular Hbond substituents is 4. The van der Waals surface area contributed by atoms with Gasteiger partial charge in [0.1, 0.15) is 28.8 Å². The third-order valence-electron chi connectivity index (χ3n) is 14.3. The van der Waals surface area contributed by atoms with Crippen LogP contribution in [0.25, 0.3) is 50.6 Å². The maximum absolute atomic E-state index is 14.3. The Labute approximate surface area is 405 Å². The topological polar surface area (TPSA) is 167 Å². The molecule has 0 saturated heterocycles. The molecule has 12 heteroatoms. The predicted octanol–water partition coefficient (Wildman–Crippen LogP) is 11.5. The van der Waals surface area contributed by atoms with E-state index in [0.29, 0.717) is 105 Å². The molecule has 0 radical (unpaired) electrons. The molecule has 1 aliphatic rings. The van der Waals surface area contributed by atoms with Crippen LogP contribution in [-0.2, 0) is 37.5 Å². The highest BCUT2D eigenvalue weighted by Crippen LogP contribution is 2.41. The summed E-state index contributed by atoms with van der Waals surface area (Å²) in [6.45, 7) is 12.7. The van der Waals surface area contributed by atoms with Gasteiger partial charge < -0.3 is 34.7 Å². The van der Waals surface area contributed by atoms with Gasteiger partial charge in [0.15, 0.2) is 5.78 Å². The van der Waals surface area contributed by atoms with E-state index >= 15 is 0 Å². The predicted molar refractivity (Wildman–Crippen MR) is 277 cm³/mol. The first-order chi connectivity index (χ1) is 33.0. The number of aromatic hydroxyl groups is 4. The summed E-state index contributed by atoms with van der Waals surface area (Å²) < 4.78 is 5.06. The van der Waals surface area contributed by atoms with Gasteiger partial charge in [-0.25, -0.2) is 15.0 Å². The summed E-state index contributed by atoms with van der Waals surface area (Å²) in [5.41, 5.74) is 13.5. The molecule has 3 heterocycles. The van der Waals surface area contributed by atoms with E-state index in [4.69, 9.17) is 15.0 Å². The minimum Gasteiger partial charge on any atom is -0.507 e. The van der Waals surface area contributed by atoms with Crippen LogP contribution in [0.4, 0.5) is 0 Å². The number of phenols is 4. The number of hydrogen-bond donors (Lipinski definition) is 5. The lowest BCUT2D eigenvalue weighted by atomic mass is 9.80. The third-order valence-corrected chi connectivity index (χ3v) is 15.4. The van der Waals surface area contributed by atoms with Crippen LogP contribution in [0.15, 0.2) is 95.4 Å². The van der Waals surface area contributed by atoms with E-state index in [9.17, 15) is 30.3 Å². The summed E-state index contributed by atoms with van der Waals surface area (Å²) >= 11 is 1.65. The lowest BCUT2D eigenvalue weighted by molar-refractivity contribution is -0.113. The highest BCUT2D eigenvalue weighted by molar-refractivity contribution is 7.18. The number of carbonyl (C=O) groups excluding carboxylic acids is 1. The smallest absolute Gasteiger partial charge is 0.185 e. The summed E-state index contributed by atoms with van der Waals surface area (Å²) in [6, 6.07) is 20.0. The van der Waals surface area contributed by atoms with Crippen LogP contribution in [0.1, 0.15) is 93.2 Å². The zero-order valence-electron chi connectivity index (χ0n) is 40.3. The Balaban J connectivity index is 0.874. The highest BCUT2D eigenvalue weighted by atomic mass is 32.1. The van der Waals surface area contributed by atoms with Crippen molar-refractivity contribution in [3.63, 3.8) is 0 Å². The SMILES string of the molecule is CC1=C(CCCc2nc3ccc(Cc4c(C)c(O)c(/C=C/Cc5nc6ccccc6s5)c(C)c4O)cc3n2C)C(=O)C(Cc2cccc3c2ncn3/C=C/c2c(C)c(O)c(C)c(C)c2O)=C(C)C1O. The van der Waals surface area contributed by atoms with Crippen LogP contribution < -0.4 is 0 Å². The van der Waals surface area contributed by atoms with E-state index in [2.05, 4.69) is 16.7 Å². The number of benzene rings is 5. The fourth-order valence-corrected chi connectivity index (χ4v) is 10.7. The van der Waals surface area contributed by atoms with Crippen LogP contribution >= 0.6 is 11.3 Å². The first-order valence-corrected chi connectivity index (χ1v) is 24.1. The first kappa shape index (κ1) is 46.8. The zero-order valence-corrected chi connectivity index (χ0v) is 41.1. The fraction of sp³-hybridized carbons (Fsp3) is 0.263. The summed E-state index contributed by atoms with van der Waals surface area (Å²) in [6.07, 6.45) is 11.3. The molecule has 9 rings (SSSR count). The Bertz CT molecular complexity index is 3440. The van der Waals surface area contributed by atoms with Gasteiger partial charge in [0, 0.05) is 77.9 Å². The lowest BCUT2D eigenvalue weighted by Gasteiger charge is -2.26. The minimum atomic E-state index is -0.872. The van der Waals surface area contributed by atoms with Gasteiger partial charge in [0.2, 0.25) is 0 Å². The molecule has 3 aromatic heterocycles. The number of ketones is 1. The molecule has 1 aliphatic carbocycles. The number of imidazole rings is 2. The molecule has 11 nitrogen and oxygen atoms in total. The van der Waals surface area contributed by atoms with E-state index in [1.807, 2.05) is 100.0 Å². The number of hydrogen-bond acceptors (Lipinski definition) is 10. The number of aromatic nitrogens is 5. The van der Waals surface area contributed by atoms with Crippen LogP contribution in [-0.4, -0.2) is 61.5 Å². The Morgan fingerprint density at radius 3 is 2.19 bits per heavy atom. The molecule has 69 heavy (non-hydrogen) atoms. The number of aryl methyl sites for hydroxylation is 2. The summed E-state index contributed by atoms with van der Waals surface area (Å²) in [5.74, 6) is 1.41. The number of aliphatic hydroxyl groups excluding tert-OH is 1. The van der Waals surface area contributed by atoms with Gasteiger partial charge in [0.25, 0.3) is 0 Å². The van der Waals surface area contributed by atoms with E-state index < -0.39 is 6.10 Å². The number of carbonyl (C=O) groups is 1. The summed E-state index contributed by atoms with van der Waals surface area (Å²) in [5, 5.41) is 56.8. The Morgan fingerprint density at radius 1 is 0.696 bits per heavy atom. The average Bonchev–Trinajstić information content (AvgIpc) is 4.06. The largest absolute Gasteiger partial charge is 0.507 e. The van der Waals surface area contributed by atoms with Crippen LogP contribution in [0.3, 0.4) is 0 Å². The molecule has 1 atom stereocenters. The number of nitrogens with zero attached hydrogens (tertiary/aromatic N) is 5. The van der Waals surface area contributed by atoms with Gasteiger partial charge in [-0.05, 0) is 137 Å². The minimum absolute atomic E-state index is 0.0601. The van der Waals surface area contributed by atoms with Gasteiger partial charge in [-0.2, -0.15) is 0 Å². The quantitative estimate of drug-likeness (QED) is 0.0707. The number of para-hydroxylation sites is 2. The van der Waals surface area contributed by atoms with Crippen LogP contribution in [0, 0.1) is 34.6 Å². The summed E-state index contributed by atoms with van der Waals surface area (Å²) in [4.78, 5) is 28.7. The van der Waals surface area contributed by atoms with Gasteiger partial charge in [-0.1, -0.05) is 42.5 Å². The van der Waals surface area contributed by atoms with E-state index in [1.54, 1.807) is 50.7 Å². The number of fused-ring (bicyclic) bond motifs is 3. The number of allylic oxidation sites excluding steroid dienone is 3. The van der Waals surface area contributed by atoms with Gasteiger partial charge in [0.05, 0.1) is 49.7 Å². The molecular formula is C57H57N5O6S. The summed E-state index contributed by atoms with van der Waals surface area (Å²) in [7, 11) is 1.99. The molecule has 8 aromatic rings. The number of aliphatic hydroxyl groups is 1. The second-order valence-electron chi connectivity index (χ2n) is 18.4. The number of rotatable bonds is 13. The number of Topliss-reactive ketones (excluding diaryl/α,β-unsaturated/α-hetero) is 1. The van der Waals surface area contributed by atoms with Gasteiger partial charge >= 0.3 is 0 Å².